The second kappa shape index (κ2) is 10.9. The molecule has 6 aromatic carbocycles. The van der Waals surface area contributed by atoms with Gasteiger partial charge in [-0.2, -0.15) is 0 Å². The van der Waals surface area contributed by atoms with E-state index < -0.39 is 7.14 Å². The first-order valence-corrected chi connectivity index (χ1v) is 17.1. The third-order valence-corrected chi connectivity index (χ3v) is 11.1. The maximum absolute atomic E-state index is 13.6. The van der Waals surface area contributed by atoms with Gasteiger partial charge in [-0.3, -0.25) is 0 Å². The van der Waals surface area contributed by atoms with Crippen molar-refractivity contribution in [3.8, 4) is 67.5 Å². The molecule has 0 spiro atoms. The van der Waals surface area contributed by atoms with Crippen molar-refractivity contribution >= 4 is 17.8 Å². The number of aromatic nitrogens is 3. The van der Waals surface area contributed by atoms with Gasteiger partial charge in [-0.05, 0) is 52.2 Å². The van der Waals surface area contributed by atoms with Gasteiger partial charge in [0.15, 0.2) is 17.5 Å². The fourth-order valence-electron chi connectivity index (χ4n) is 6.11. The first-order chi connectivity index (χ1) is 22.0. The minimum atomic E-state index is -2.56. The maximum atomic E-state index is 13.6. The summed E-state index contributed by atoms with van der Waals surface area (Å²) in [5.74, 6) is 1.94. The van der Waals surface area contributed by atoms with Crippen LogP contribution < -0.4 is 10.6 Å². The van der Waals surface area contributed by atoms with Crippen LogP contribution in [0.5, 0.6) is 0 Å². The van der Waals surface area contributed by atoms with E-state index in [9.17, 15) is 4.57 Å². The summed E-state index contributed by atoms with van der Waals surface area (Å²) in [6.07, 6.45) is 0. The summed E-state index contributed by atoms with van der Waals surface area (Å²) >= 11 is 0. The van der Waals surface area contributed by atoms with Crippen molar-refractivity contribution in [3.05, 3.63) is 152 Å². The van der Waals surface area contributed by atoms with Crippen LogP contribution in [0.3, 0.4) is 0 Å². The molecule has 214 valence electrons. The van der Waals surface area contributed by atoms with Crippen molar-refractivity contribution in [1.29, 1.82) is 0 Å². The Morgan fingerprint density at radius 1 is 0.378 bits per heavy atom. The smallest absolute Gasteiger partial charge is 0.164 e. The summed E-state index contributed by atoms with van der Waals surface area (Å²) in [6, 6.07) is 51.4. The molecule has 5 heteroatoms. The number of hydrogen-bond donors (Lipinski definition) is 0. The third-order valence-electron chi connectivity index (χ3n) is 8.50. The van der Waals surface area contributed by atoms with Crippen molar-refractivity contribution in [2.24, 2.45) is 0 Å². The van der Waals surface area contributed by atoms with E-state index in [0.29, 0.717) is 17.5 Å². The average molecular weight is 598 g/mol. The normalized spacial score (nSPS) is 15.0. The quantitative estimate of drug-likeness (QED) is 0.186. The van der Waals surface area contributed by atoms with Crippen LogP contribution >= 0.6 is 7.14 Å². The van der Waals surface area contributed by atoms with E-state index in [0.717, 1.165) is 60.7 Å². The number of hydrogen-bond acceptors (Lipinski definition) is 4. The summed E-state index contributed by atoms with van der Waals surface area (Å²) in [7, 11) is -2.56. The van der Waals surface area contributed by atoms with E-state index in [1.165, 1.54) is 0 Å². The maximum Gasteiger partial charge on any atom is 0.164 e. The highest BCUT2D eigenvalue weighted by Crippen LogP contribution is 2.50. The molecule has 0 radical (unpaired) electrons. The SMILES string of the molecule is CP1(=O)c2ccccc2-c2cc(-c3ccc(-c4ccc(-c5nc(-c6ccccc6)nc(-c6ccccc6)n5)cc4)cc3)ccc21. The Kier molecular flexibility index (Phi) is 6.59. The van der Waals surface area contributed by atoms with Gasteiger partial charge < -0.3 is 4.57 Å². The molecule has 8 rings (SSSR count). The second-order valence-corrected chi connectivity index (χ2v) is 14.2. The highest BCUT2D eigenvalue weighted by molar-refractivity contribution is 7.79. The first-order valence-electron chi connectivity index (χ1n) is 14.9. The number of rotatable bonds is 5. The van der Waals surface area contributed by atoms with Gasteiger partial charge in [-0.1, -0.05) is 140 Å². The van der Waals surface area contributed by atoms with Crippen molar-refractivity contribution in [2.75, 3.05) is 6.66 Å². The lowest BCUT2D eigenvalue weighted by molar-refractivity contribution is 0.591. The Morgan fingerprint density at radius 3 is 1.29 bits per heavy atom. The van der Waals surface area contributed by atoms with E-state index in [1.54, 1.807) is 0 Å². The van der Waals surface area contributed by atoms with Gasteiger partial charge >= 0.3 is 0 Å². The van der Waals surface area contributed by atoms with Crippen molar-refractivity contribution in [2.45, 2.75) is 0 Å². The minimum absolute atomic E-state index is 0.638. The summed E-state index contributed by atoms with van der Waals surface area (Å²) in [4.78, 5) is 14.5. The molecule has 0 bridgehead atoms. The Bertz CT molecular complexity index is 2170. The topological polar surface area (TPSA) is 55.7 Å². The van der Waals surface area contributed by atoms with Crippen LogP contribution in [0.1, 0.15) is 0 Å². The lowest BCUT2D eigenvalue weighted by Gasteiger charge is -2.10. The van der Waals surface area contributed by atoms with Gasteiger partial charge in [0.25, 0.3) is 0 Å². The number of benzene rings is 6. The molecule has 1 aromatic heterocycles. The molecule has 45 heavy (non-hydrogen) atoms. The molecule has 0 amide bonds. The monoisotopic (exact) mass is 597 g/mol. The van der Waals surface area contributed by atoms with E-state index >= 15 is 0 Å². The molecule has 2 heterocycles. The molecule has 1 unspecified atom stereocenters. The number of fused-ring (bicyclic) bond motifs is 3. The van der Waals surface area contributed by atoms with E-state index in [2.05, 4.69) is 66.7 Å². The van der Waals surface area contributed by atoms with Crippen molar-refractivity contribution in [1.82, 2.24) is 15.0 Å². The molecule has 7 aromatic rings. The standard InChI is InChI=1S/C40H28N3OP/c1-45(44)36-15-9-8-14-34(36)35-26-33(24-25-37(35)45)29-18-16-27(17-19-29)28-20-22-32(23-21-28)40-42-38(30-10-4-2-5-11-30)41-39(43-40)31-12-6-3-7-13-31/h2-26H,1H3. The van der Waals surface area contributed by atoms with Crippen LogP contribution in [-0.2, 0) is 4.57 Å². The number of nitrogens with zero attached hydrogens (tertiary/aromatic N) is 3. The van der Waals surface area contributed by atoms with Gasteiger partial charge in [0.05, 0.1) is 0 Å². The van der Waals surface area contributed by atoms with Crippen LogP contribution in [0.2, 0.25) is 0 Å². The van der Waals surface area contributed by atoms with Crippen molar-refractivity contribution < 1.29 is 4.57 Å². The first kappa shape index (κ1) is 27.1. The zero-order valence-electron chi connectivity index (χ0n) is 24.6. The lowest BCUT2D eigenvalue weighted by Crippen LogP contribution is -2.07. The summed E-state index contributed by atoms with van der Waals surface area (Å²) in [5, 5.41) is 1.91. The summed E-state index contributed by atoms with van der Waals surface area (Å²) in [5.41, 5.74) is 9.48. The van der Waals surface area contributed by atoms with E-state index in [-0.39, 0.29) is 0 Å². The van der Waals surface area contributed by atoms with Gasteiger partial charge in [-0.25, -0.2) is 15.0 Å². The zero-order chi connectivity index (χ0) is 30.4. The Balaban J connectivity index is 1.10. The van der Waals surface area contributed by atoms with Crippen LogP contribution in [0.15, 0.2) is 152 Å². The Morgan fingerprint density at radius 2 is 0.756 bits per heavy atom. The predicted octanol–water partition coefficient (Wildman–Crippen LogP) is 9.13. The molecule has 0 fully saturated rings. The molecule has 1 atom stereocenters. The highest BCUT2D eigenvalue weighted by Gasteiger charge is 2.34. The summed E-state index contributed by atoms with van der Waals surface area (Å²) < 4.78 is 13.6. The van der Waals surface area contributed by atoms with Crippen LogP contribution in [-0.4, -0.2) is 21.6 Å². The molecule has 0 aliphatic carbocycles. The second-order valence-electron chi connectivity index (χ2n) is 11.4. The third kappa shape index (κ3) is 4.90. The van der Waals surface area contributed by atoms with Gasteiger partial charge in [-0.15, -0.1) is 0 Å². The molecule has 0 N–H and O–H groups in total. The Labute approximate surface area is 262 Å². The zero-order valence-corrected chi connectivity index (χ0v) is 25.5. The van der Waals surface area contributed by atoms with E-state index in [4.69, 9.17) is 15.0 Å². The van der Waals surface area contributed by atoms with E-state index in [1.807, 2.05) is 91.6 Å². The Hall–Kier alpha value is -5.44. The molecular formula is C40H28N3OP. The van der Waals surface area contributed by atoms with Crippen LogP contribution in [0.25, 0.3) is 67.5 Å². The molecule has 1 aliphatic heterocycles. The summed E-state index contributed by atoms with van der Waals surface area (Å²) in [6.45, 7) is 1.88. The van der Waals surface area contributed by atoms with Crippen LogP contribution in [0.4, 0.5) is 0 Å². The minimum Gasteiger partial charge on any atom is -0.314 e. The van der Waals surface area contributed by atoms with Gasteiger partial charge in [0.1, 0.15) is 7.14 Å². The predicted molar refractivity (Wildman–Crippen MR) is 185 cm³/mol. The largest absolute Gasteiger partial charge is 0.314 e. The molecule has 1 aliphatic rings. The van der Waals surface area contributed by atoms with Gasteiger partial charge in [0.2, 0.25) is 0 Å². The van der Waals surface area contributed by atoms with Crippen molar-refractivity contribution in [3.63, 3.8) is 0 Å². The molecular weight excluding hydrogens is 569 g/mol. The van der Waals surface area contributed by atoms with Gasteiger partial charge in [0, 0.05) is 27.3 Å². The fourth-order valence-corrected chi connectivity index (χ4v) is 8.40. The lowest BCUT2D eigenvalue weighted by atomic mass is 9.97. The highest BCUT2D eigenvalue weighted by atomic mass is 31.2. The molecule has 4 nitrogen and oxygen atoms in total. The van der Waals surface area contributed by atoms with Crippen LogP contribution in [0, 0.1) is 0 Å². The average Bonchev–Trinajstić information content (AvgIpc) is 3.34. The fraction of sp³-hybridized carbons (Fsp3) is 0.0250. The molecule has 0 saturated carbocycles. The molecule has 0 saturated heterocycles.